The molecular weight excluding hydrogens is 200 g/mol. The minimum atomic E-state index is -0.0800. The molecule has 0 bridgehead atoms. The van der Waals surface area contributed by atoms with E-state index >= 15 is 0 Å². The van der Waals surface area contributed by atoms with Crippen molar-refractivity contribution in [2.45, 2.75) is 19.9 Å². The van der Waals surface area contributed by atoms with Crippen molar-refractivity contribution in [2.75, 3.05) is 11.9 Å². The maximum Gasteiger partial charge on any atom is 0.253 e. The number of hydrogen-bond acceptors (Lipinski definition) is 2. The van der Waals surface area contributed by atoms with Gasteiger partial charge in [-0.1, -0.05) is 18.2 Å². The lowest BCUT2D eigenvalue weighted by Gasteiger charge is -2.14. The molecule has 1 rings (SSSR count). The summed E-state index contributed by atoms with van der Waals surface area (Å²) in [6.07, 6.45) is 1.66. The molecule has 0 aromatic heterocycles. The average molecular weight is 218 g/mol. The molecule has 86 valence electrons. The smallest absolute Gasteiger partial charge is 0.253 e. The molecule has 1 aromatic rings. The van der Waals surface area contributed by atoms with Crippen molar-refractivity contribution >= 4 is 11.6 Å². The summed E-state index contributed by atoms with van der Waals surface area (Å²) in [6, 6.07) is 7.78. The number of para-hydroxylation sites is 1. The van der Waals surface area contributed by atoms with E-state index in [1.165, 1.54) is 0 Å². The van der Waals surface area contributed by atoms with Crippen molar-refractivity contribution in [3.05, 3.63) is 42.5 Å². The third-order valence-corrected chi connectivity index (χ3v) is 2.02. The number of hydrogen-bond donors (Lipinski definition) is 2. The van der Waals surface area contributed by atoms with E-state index in [9.17, 15) is 4.79 Å². The predicted molar refractivity (Wildman–Crippen MR) is 67.7 cm³/mol. The van der Waals surface area contributed by atoms with Gasteiger partial charge in [0, 0.05) is 18.3 Å². The number of anilines is 1. The van der Waals surface area contributed by atoms with Crippen LogP contribution in [0.5, 0.6) is 0 Å². The SMILES string of the molecule is C=CCNC(=O)c1ccccc1NC(C)C. The normalized spacial score (nSPS) is 9.94. The van der Waals surface area contributed by atoms with Crippen molar-refractivity contribution in [3.63, 3.8) is 0 Å². The molecule has 0 unspecified atom stereocenters. The Labute approximate surface area is 96.6 Å². The number of amides is 1. The molecule has 0 heterocycles. The second kappa shape index (κ2) is 5.95. The van der Waals surface area contributed by atoms with Gasteiger partial charge in [0.05, 0.1) is 5.56 Å². The van der Waals surface area contributed by atoms with Crippen molar-refractivity contribution in [1.29, 1.82) is 0 Å². The molecule has 0 radical (unpaired) electrons. The van der Waals surface area contributed by atoms with Crippen molar-refractivity contribution < 1.29 is 4.79 Å². The van der Waals surface area contributed by atoms with E-state index in [2.05, 4.69) is 17.2 Å². The number of benzene rings is 1. The van der Waals surface area contributed by atoms with Gasteiger partial charge >= 0.3 is 0 Å². The molecular formula is C13H18N2O. The fraction of sp³-hybridized carbons (Fsp3) is 0.308. The van der Waals surface area contributed by atoms with Gasteiger partial charge in [-0.2, -0.15) is 0 Å². The van der Waals surface area contributed by atoms with Crippen LogP contribution in [0.15, 0.2) is 36.9 Å². The van der Waals surface area contributed by atoms with Crippen LogP contribution in [-0.2, 0) is 0 Å². The van der Waals surface area contributed by atoms with E-state index in [0.717, 1.165) is 5.69 Å². The molecule has 0 saturated carbocycles. The summed E-state index contributed by atoms with van der Waals surface area (Å²) in [5.74, 6) is -0.0800. The van der Waals surface area contributed by atoms with E-state index in [1.54, 1.807) is 6.08 Å². The Morgan fingerprint density at radius 2 is 2.12 bits per heavy atom. The lowest BCUT2D eigenvalue weighted by atomic mass is 10.1. The van der Waals surface area contributed by atoms with Crippen LogP contribution >= 0.6 is 0 Å². The maximum atomic E-state index is 11.8. The van der Waals surface area contributed by atoms with Crippen LogP contribution in [0.1, 0.15) is 24.2 Å². The Hall–Kier alpha value is -1.77. The Bertz CT molecular complexity index is 372. The number of carbonyl (C=O) groups is 1. The Morgan fingerprint density at radius 1 is 1.44 bits per heavy atom. The molecule has 3 heteroatoms. The molecule has 1 amide bonds. The van der Waals surface area contributed by atoms with Crippen LogP contribution in [0.4, 0.5) is 5.69 Å². The van der Waals surface area contributed by atoms with Gasteiger partial charge in [-0.25, -0.2) is 0 Å². The molecule has 16 heavy (non-hydrogen) atoms. The highest BCUT2D eigenvalue weighted by Gasteiger charge is 2.09. The Kier molecular flexibility index (Phi) is 4.58. The highest BCUT2D eigenvalue weighted by molar-refractivity contribution is 5.99. The van der Waals surface area contributed by atoms with E-state index < -0.39 is 0 Å². The Balaban J connectivity index is 2.85. The molecule has 0 fully saturated rings. The first-order chi connectivity index (χ1) is 7.65. The summed E-state index contributed by atoms with van der Waals surface area (Å²) in [6.45, 7) is 8.13. The Morgan fingerprint density at radius 3 is 2.75 bits per heavy atom. The van der Waals surface area contributed by atoms with E-state index in [-0.39, 0.29) is 5.91 Å². The fourth-order valence-electron chi connectivity index (χ4n) is 1.38. The first-order valence-electron chi connectivity index (χ1n) is 5.39. The maximum absolute atomic E-state index is 11.8. The third-order valence-electron chi connectivity index (χ3n) is 2.02. The van der Waals surface area contributed by atoms with E-state index in [4.69, 9.17) is 0 Å². The first kappa shape index (κ1) is 12.3. The zero-order valence-corrected chi connectivity index (χ0v) is 9.79. The van der Waals surface area contributed by atoms with Gasteiger partial charge in [-0.15, -0.1) is 6.58 Å². The summed E-state index contributed by atoms with van der Waals surface area (Å²) < 4.78 is 0. The summed E-state index contributed by atoms with van der Waals surface area (Å²) in [5.41, 5.74) is 1.53. The second-order valence-corrected chi connectivity index (χ2v) is 3.84. The zero-order valence-electron chi connectivity index (χ0n) is 9.79. The molecule has 0 aliphatic carbocycles. The molecule has 0 aliphatic heterocycles. The quantitative estimate of drug-likeness (QED) is 0.745. The van der Waals surface area contributed by atoms with Crippen molar-refractivity contribution in [1.82, 2.24) is 5.32 Å². The number of nitrogens with one attached hydrogen (secondary N) is 2. The van der Waals surface area contributed by atoms with Gasteiger partial charge in [0.2, 0.25) is 0 Å². The van der Waals surface area contributed by atoms with Crippen LogP contribution < -0.4 is 10.6 Å². The van der Waals surface area contributed by atoms with Gasteiger partial charge < -0.3 is 10.6 Å². The molecule has 0 saturated heterocycles. The summed E-state index contributed by atoms with van der Waals surface area (Å²) in [4.78, 5) is 11.8. The van der Waals surface area contributed by atoms with Crippen LogP contribution in [0, 0.1) is 0 Å². The average Bonchev–Trinajstić information content (AvgIpc) is 2.26. The van der Waals surface area contributed by atoms with Gasteiger partial charge in [-0.3, -0.25) is 4.79 Å². The lowest BCUT2D eigenvalue weighted by Crippen LogP contribution is -2.25. The number of rotatable bonds is 5. The summed E-state index contributed by atoms with van der Waals surface area (Å²) >= 11 is 0. The van der Waals surface area contributed by atoms with Crippen LogP contribution in [0.25, 0.3) is 0 Å². The van der Waals surface area contributed by atoms with Gasteiger partial charge in [0.25, 0.3) is 5.91 Å². The molecule has 1 aromatic carbocycles. The summed E-state index contributed by atoms with van der Waals surface area (Å²) in [7, 11) is 0. The molecule has 3 nitrogen and oxygen atoms in total. The predicted octanol–water partition coefficient (Wildman–Crippen LogP) is 2.42. The fourth-order valence-corrected chi connectivity index (χ4v) is 1.38. The standard InChI is InChI=1S/C13H18N2O/c1-4-9-14-13(16)11-7-5-6-8-12(11)15-10(2)3/h4-8,10,15H,1,9H2,2-3H3,(H,14,16). The van der Waals surface area contributed by atoms with Crippen molar-refractivity contribution in [2.24, 2.45) is 0 Å². The van der Waals surface area contributed by atoms with Crippen LogP contribution in [0.3, 0.4) is 0 Å². The summed E-state index contributed by atoms with van der Waals surface area (Å²) in [5, 5.41) is 6.01. The minimum Gasteiger partial charge on any atom is -0.382 e. The monoisotopic (exact) mass is 218 g/mol. The largest absolute Gasteiger partial charge is 0.382 e. The van der Waals surface area contributed by atoms with Crippen molar-refractivity contribution in [3.8, 4) is 0 Å². The molecule has 2 N–H and O–H groups in total. The second-order valence-electron chi connectivity index (χ2n) is 3.84. The van der Waals surface area contributed by atoms with Crippen LogP contribution in [0.2, 0.25) is 0 Å². The topological polar surface area (TPSA) is 41.1 Å². The lowest BCUT2D eigenvalue weighted by molar-refractivity contribution is 0.0959. The van der Waals surface area contributed by atoms with Gasteiger partial charge in [0.15, 0.2) is 0 Å². The van der Waals surface area contributed by atoms with Crippen LogP contribution in [-0.4, -0.2) is 18.5 Å². The highest BCUT2D eigenvalue weighted by Crippen LogP contribution is 2.15. The van der Waals surface area contributed by atoms with Gasteiger partial charge in [0.1, 0.15) is 0 Å². The molecule has 0 atom stereocenters. The molecule has 0 aliphatic rings. The first-order valence-corrected chi connectivity index (χ1v) is 5.39. The minimum absolute atomic E-state index is 0.0800. The molecule has 0 spiro atoms. The third kappa shape index (κ3) is 3.42. The number of carbonyl (C=O) groups excluding carboxylic acids is 1. The van der Waals surface area contributed by atoms with Gasteiger partial charge in [-0.05, 0) is 26.0 Å². The van der Waals surface area contributed by atoms with E-state index in [1.807, 2.05) is 38.1 Å². The highest BCUT2D eigenvalue weighted by atomic mass is 16.1. The van der Waals surface area contributed by atoms with E-state index in [0.29, 0.717) is 18.2 Å². The zero-order chi connectivity index (χ0) is 12.0.